The molecule has 19 heavy (non-hydrogen) atoms. The predicted octanol–water partition coefficient (Wildman–Crippen LogP) is 3.49. The van der Waals surface area contributed by atoms with Crippen LogP contribution in [0.4, 0.5) is 0 Å². The highest BCUT2D eigenvalue weighted by molar-refractivity contribution is 5.89. The zero-order chi connectivity index (χ0) is 13.8. The van der Waals surface area contributed by atoms with Gasteiger partial charge in [-0.25, -0.2) is 4.79 Å². The Labute approximate surface area is 111 Å². The molecule has 0 spiro atoms. The maximum absolute atomic E-state index is 11.0. The second-order valence-corrected chi connectivity index (χ2v) is 4.19. The Hall–Kier alpha value is -2.60. The monoisotopic (exact) mass is 251 g/mol. The maximum atomic E-state index is 11.0. The number of nitriles is 1. The molecule has 0 aliphatic heterocycles. The van der Waals surface area contributed by atoms with Crippen LogP contribution in [0.2, 0.25) is 0 Å². The SMILES string of the molecule is CCc1cc(C(=O)O)ccc1-c1ccccc1C#N. The average Bonchev–Trinajstić information content (AvgIpc) is 2.46. The minimum atomic E-state index is -0.935. The van der Waals surface area contributed by atoms with Crippen LogP contribution in [0, 0.1) is 11.3 Å². The van der Waals surface area contributed by atoms with Gasteiger partial charge in [-0.2, -0.15) is 5.26 Å². The number of hydrogen-bond donors (Lipinski definition) is 1. The molecule has 0 bridgehead atoms. The number of benzene rings is 2. The lowest BCUT2D eigenvalue weighted by Gasteiger charge is -2.10. The van der Waals surface area contributed by atoms with Crippen molar-refractivity contribution in [2.24, 2.45) is 0 Å². The van der Waals surface area contributed by atoms with Crippen LogP contribution < -0.4 is 0 Å². The molecule has 0 aromatic heterocycles. The van der Waals surface area contributed by atoms with Crippen LogP contribution in [0.25, 0.3) is 11.1 Å². The number of aryl methyl sites for hydroxylation is 1. The number of rotatable bonds is 3. The summed E-state index contributed by atoms with van der Waals surface area (Å²) in [5, 5.41) is 18.2. The molecule has 0 heterocycles. The van der Waals surface area contributed by atoms with Crippen LogP contribution in [-0.4, -0.2) is 11.1 Å². The summed E-state index contributed by atoms with van der Waals surface area (Å²) < 4.78 is 0. The number of nitrogens with zero attached hydrogens (tertiary/aromatic N) is 1. The van der Waals surface area contributed by atoms with Crippen molar-refractivity contribution in [1.82, 2.24) is 0 Å². The van der Waals surface area contributed by atoms with Crippen molar-refractivity contribution in [2.45, 2.75) is 13.3 Å². The molecule has 0 saturated carbocycles. The smallest absolute Gasteiger partial charge is 0.335 e. The molecule has 0 radical (unpaired) electrons. The quantitative estimate of drug-likeness (QED) is 0.908. The van der Waals surface area contributed by atoms with Crippen LogP contribution in [0.3, 0.4) is 0 Å². The summed E-state index contributed by atoms with van der Waals surface area (Å²) in [5.41, 5.74) is 3.57. The average molecular weight is 251 g/mol. The summed E-state index contributed by atoms with van der Waals surface area (Å²) in [6.45, 7) is 1.97. The first-order chi connectivity index (χ1) is 9.17. The number of carbonyl (C=O) groups is 1. The molecule has 0 fully saturated rings. The van der Waals surface area contributed by atoms with E-state index in [2.05, 4.69) is 6.07 Å². The summed E-state index contributed by atoms with van der Waals surface area (Å²) in [6.07, 6.45) is 0.718. The molecule has 2 aromatic rings. The third-order valence-corrected chi connectivity index (χ3v) is 3.07. The van der Waals surface area contributed by atoms with Crippen molar-refractivity contribution >= 4 is 5.97 Å². The van der Waals surface area contributed by atoms with Crippen LogP contribution in [0.1, 0.15) is 28.4 Å². The predicted molar refractivity (Wildman–Crippen MR) is 72.9 cm³/mol. The van der Waals surface area contributed by atoms with Crippen molar-refractivity contribution in [3.05, 3.63) is 59.2 Å². The van der Waals surface area contributed by atoms with E-state index in [4.69, 9.17) is 10.4 Å². The molecule has 3 nitrogen and oxygen atoms in total. The van der Waals surface area contributed by atoms with E-state index in [9.17, 15) is 4.79 Å². The maximum Gasteiger partial charge on any atom is 0.335 e. The van der Waals surface area contributed by atoms with Gasteiger partial charge in [0.1, 0.15) is 0 Å². The standard InChI is InChI=1S/C16H13NO2/c1-2-11-9-12(16(18)19)7-8-15(11)14-6-4-3-5-13(14)10-17/h3-9H,2H2,1H3,(H,18,19). The fourth-order valence-electron chi connectivity index (χ4n) is 2.10. The van der Waals surface area contributed by atoms with Crippen LogP contribution in [-0.2, 0) is 6.42 Å². The molecule has 94 valence electrons. The fraction of sp³-hybridized carbons (Fsp3) is 0.125. The molecule has 0 saturated heterocycles. The number of aromatic carboxylic acids is 1. The van der Waals surface area contributed by atoms with Gasteiger partial charge in [-0.15, -0.1) is 0 Å². The van der Waals surface area contributed by atoms with Gasteiger partial charge in [0, 0.05) is 0 Å². The third-order valence-electron chi connectivity index (χ3n) is 3.07. The summed E-state index contributed by atoms with van der Waals surface area (Å²) in [7, 11) is 0. The van der Waals surface area contributed by atoms with Crippen molar-refractivity contribution < 1.29 is 9.90 Å². The molecule has 2 rings (SSSR count). The second kappa shape index (κ2) is 5.36. The van der Waals surface area contributed by atoms with E-state index in [0.717, 1.165) is 23.1 Å². The Kier molecular flexibility index (Phi) is 3.63. The first kappa shape index (κ1) is 12.8. The third kappa shape index (κ3) is 2.48. The van der Waals surface area contributed by atoms with E-state index in [0.29, 0.717) is 5.56 Å². The molecular formula is C16H13NO2. The number of carboxylic acids is 1. The van der Waals surface area contributed by atoms with Crippen molar-refractivity contribution in [1.29, 1.82) is 5.26 Å². The summed E-state index contributed by atoms with van der Waals surface area (Å²) in [6, 6.07) is 14.5. The zero-order valence-corrected chi connectivity index (χ0v) is 10.6. The Balaban J connectivity index is 2.63. The van der Waals surface area contributed by atoms with Gasteiger partial charge in [0.25, 0.3) is 0 Å². The molecule has 2 aromatic carbocycles. The largest absolute Gasteiger partial charge is 0.478 e. The van der Waals surface area contributed by atoms with E-state index in [-0.39, 0.29) is 5.56 Å². The molecule has 0 atom stereocenters. The topological polar surface area (TPSA) is 61.1 Å². The van der Waals surface area contributed by atoms with Gasteiger partial charge in [0.15, 0.2) is 0 Å². The van der Waals surface area contributed by atoms with Crippen molar-refractivity contribution in [2.75, 3.05) is 0 Å². The lowest BCUT2D eigenvalue weighted by Crippen LogP contribution is -1.99. The van der Waals surface area contributed by atoms with Gasteiger partial charge in [0.05, 0.1) is 17.2 Å². The van der Waals surface area contributed by atoms with E-state index < -0.39 is 5.97 Å². The highest BCUT2D eigenvalue weighted by atomic mass is 16.4. The van der Waals surface area contributed by atoms with Gasteiger partial charge in [-0.3, -0.25) is 0 Å². The van der Waals surface area contributed by atoms with E-state index in [1.807, 2.05) is 25.1 Å². The van der Waals surface area contributed by atoms with Crippen LogP contribution >= 0.6 is 0 Å². The van der Waals surface area contributed by atoms with E-state index in [1.165, 1.54) is 0 Å². The van der Waals surface area contributed by atoms with Crippen molar-refractivity contribution in [3.8, 4) is 17.2 Å². The highest BCUT2D eigenvalue weighted by Crippen LogP contribution is 2.28. The van der Waals surface area contributed by atoms with Gasteiger partial charge in [-0.1, -0.05) is 31.2 Å². The van der Waals surface area contributed by atoms with Gasteiger partial charge in [0.2, 0.25) is 0 Å². The van der Waals surface area contributed by atoms with Gasteiger partial charge in [-0.05, 0) is 41.3 Å². The molecule has 0 aliphatic carbocycles. The molecule has 0 aliphatic rings. The van der Waals surface area contributed by atoms with Crippen molar-refractivity contribution in [3.63, 3.8) is 0 Å². The lowest BCUT2D eigenvalue weighted by atomic mass is 9.93. The van der Waals surface area contributed by atoms with E-state index in [1.54, 1.807) is 24.3 Å². The molecule has 3 heteroatoms. The summed E-state index contributed by atoms with van der Waals surface area (Å²) in [4.78, 5) is 11.0. The minimum Gasteiger partial charge on any atom is -0.478 e. The Bertz CT molecular complexity index is 669. The molecule has 0 unspecified atom stereocenters. The van der Waals surface area contributed by atoms with Crippen LogP contribution in [0.5, 0.6) is 0 Å². The Morgan fingerprint density at radius 2 is 1.95 bits per heavy atom. The highest BCUT2D eigenvalue weighted by Gasteiger charge is 2.11. The first-order valence-corrected chi connectivity index (χ1v) is 6.03. The Morgan fingerprint density at radius 3 is 2.58 bits per heavy atom. The fourth-order valence-corrected chi connectivity index (χ4v) is 2.10. The second-order valence-electron chi connectivity index (χ2n) is 4.19. The Morgan fingerprint density at radius 1 is 1.21 bits per heavy atom. The number of carboxylic acid groups (broad SMARTS) is 1. The van der Waals surface area contributed by atoms with Crippen LogP contribution in [0.15, 0.2) is 42.5 Å². The van der Waals surface area contributed by atoms with Gasteiger partial charge < -0.3 is 5.11 Å². The molecule has 1 N–H and O–H groups in total. The molecule has 0 amide bonds. The molecular weight excluding hydrogens is 238 g/mol. The number of hydrogen-bond acceptors (Lipinski definition) is 2. The van der Waals surface area contributed by atoms with Gasteiger partial charge >= 0.3 is 5.97 Å². The minimum absolute atomic E-state index is 0.273. The lowest BCUT2D eigenvalue weighted by molar-refractivity contribution is 0.0697. The first-order valence-electron chi connectivity index (χ1n) is 6.03. The summed E-state index contributed by atoms with van der Waals surface area (Å²) >= 11 is 0. The zero-order valence-electron chi connectivity index (χ0n) is 10.6. The normalized spacial score (nSPS) is 9.89. The van der Waals surface area contributed by atoms with E-state index >= 15 is 0 Å². The summed E-state index contributed by atoms with van der Waals surface area (Å²) in [5.74, 6) is -0.935.